The Hall–Kier alpha value is -1.55. The van der Waals surface area contributed by atoms with Crippen LogP contribution in [0.2, 0.25) is 0 Å². The summed E-state index contributed by atoms with van der Waals surface area (Å²) in [6.45, 7) is 6.46. The summed E-state index contributed by atoms with van der Waals surface area (Å²) < 4.78 is 0. The fourth-order valence-corrected chi connectivity index (χ4v) is 2.55. The van der Waals surface area contributed by atoms with Gasteiger partial charge in [0, 0.05) is 18.3 Å². The van der Waals surface area contributed by atoms with Crippen molar-refractivity contribution < 1.29 is 4.79 Å². The predicted octanol–water partition coefficient (Wildman–Crippen LogP) is 1.22. The normalized spacial score (nSPS) is 19.4. The van der Waals surface area contributed by atoms with Crippen LogP contribution in [0.15, 0.2) is 18.2 Å². The van der Waals surface area contributed by atoms with Gasteiger partial charge in [0.15, 0.2) is 0 Å². The molecule has 19 heavy (non-hydrogen) atoms. The molecule has 0 saturated carbocycles. The number of piperazine rings is 1. The summed E-state index contributed by atoms with van der Waals surface area (Å²) in [7, 11) is 1.94. The summed E-state index contributed by atoms with van der Waals surface area (Å²) in [6.07, 6.45) is 0.962. The van der Waals surface area contributed by atoms with Gasteiger partial charge in [-0.15, -0.1) is 0 Å². The predicted molar refractivity (Wildman–Crippen MR) is 78.6 cm³/mol. The maximum absolute atomic E-state index is 11.8. The van der Waals surface area contributed by atoms with E-state index in [2.05, 4.69) is 47.6 Å². The molecular weight excluding hydrogens is 238 g/mol. The van der Waals surface area contributed by atoms with E-state index in [-0.39, 0.29) is 11.9 Å². The van der Waals surface area contributed by atoms with Crippen molar-refractivity contribution in [2.45, 2.75) is 26.3 Å². The molecule has 1 aromatic carbocycles. The molecule has 1 saturated heterocycles. The van der Waals surface area contributed by atoms with E-state index in [0.717, 1.165) is 19.5 Å². The lowest BCUT2D eigenvalue weighted by Crippen LogP contribution is -2.55. The smallest absolute Gasteiger partial charge is 0.239 e. The van der Waals surface area contributed by atoms with Gasteiger partial charge in [0.25, 0.3) is 0 Å². The zero-order valence-corrected chi connectivity index (χ0v) is 12.0. The fourth-order valence-electron chi connectivity index (χ4n) is 2.55. The lowest BCUT2D eigenvalue weighted by atomic mass is 10.1. The molecule has 1 atom stereocenters. The second-order valence-corrected chi connectivity index (χ2v) is 5.33. The van der Waals surface area contributed by atoms with Gasteiger partial charge >= 0.3 is 0 Å². The highest BCUT2D eigenvalue weighted by Crippen LogP contribution is 2.23. The minimum atomic E-state index is 0.119. The second kappa shape index (κ2) is 6.06. The van der Waals surface area contributed by atoms with Crippen LogP contribution in [0.3, 0.4) is 0 Å². The zero-order valence-electron chi connectivity index (χ0n) is 12.0. The van der Waals surface area contributed by atoms with Crippen LogP contribution in [-0.4, -0.2) is 38.6 Å². The summed E-state index contributed by atoms with van der Waals surface area (Å²) in [4.78, 5) is 14.0. The van der Waals surface area contributed by atoms with Crippen molar-refractivity contribution in [3.63, 3.8) is 0 Å². The lowest BCUT2D eigenvalue weighted by Gasteiger charge is -2.35. The maximum atomic E-state index is 11.8. The third-order valence-corrected chi connectivity index (χ3v) is 3.59. The molecule has 104 valence electrons. The standard InChI is InChI=1S/C15H23N3O/c1-11-4-5-12(2)14(8-11)18-9-13(6-7-16-3)17-15(19)10-18/h4-5,8,13,16H,6-7,9-10H2,1-3H3,(H,17,19). The highest BCUT2D eigenvalue weighted by Gasteiger charge is 2.25. The van der Waals surface area contributed by atoms with Crippen LogP contribution in [0.5, 0.6) is 0 Å². The van der Waals surface area contributed by atoms with Gasteiger partial charge in [-0.25, -0.2) is 0 Å². The monoisotopic (exact) mass is 261 g/mol. The molecule has 2 rings (SSSR count). The fraction of sp³-hybridized carbons (Fsp3) is 0.533. The number of aryl methyl sites for hydroxylation is 2. The molecule has 1 aliphatic heterocycles. The van der Waals surface area contributed by atoms with Crippen LogP contribution in [0.25, 0.3) is 0 Å². The van der Waals surface area contributed by atoms with Crippen LogP contribution < -0.4 is 15.5 Å². The number of nitrogens with zero attached hydrogens (tertiary/aromatic N) is 1. The minimum Gasteiger partial charge on any atom is -0.360 e. The molecule has 1 aromatic rings. The Morgan fingerprint density at radius 3 is 2.95 bits per heavy atom. The molecule has 1 heterocycles. The topological polar surface area (TPSA) is 44.4 Å². The third kappa shape index (κ3) is 3.47. The van der Waals surface area contributed by atoms with E-state index >= 15 is 0 Å². The highest BCUT2D eigenvalue weighted by molar-refractivity contribution is 5.83. The van der Waals surface area contributed by atoms with Gasteiger partial charge in [0.2, 0.25) is 5.91 Å². The van der Waals surface area contributed by atoms with E-state index in [0.29, 0.717) is 6.54 Å². The molecule has 0 radical (unpaired) electrons. The molecule has 1 amide bonds. The average molecular weight is 261 g/mol. The largest absolute Gasteiger partial charge is 0.360 e. The van der Waals surface area contributed by atoms with Gasteiger partial charge in [-0.1, -0.05) is 12.1 Å². The zero-order chi connectivity index (χ0) is 13.8. The number of nitrogens with one attached hydrogen (secondary N) is 2. The van der Waals surface area contributed by atoms with Crippen molar-refractivity contribution in [2.75, 3.05) is 31.6 Å². The summed E-state index contributed by atoms with van der Waals surface area (Å²) >= 11 is 0. The van der Waals surface area contributed by atoms with Crippen molar-refractivity contribution in [3.8, 4) is 0 Å². The number of hydrogen-bond acceptors (Lipinski definition) is 3. The number of rotatable bonds is 4. The quantitative estimate of drug-likeness (QED) is 0.856. The number of carbonyl (C=O) groups is 1. The molecule has 4 heteroatoms. The summed E-state index contributed by atoms with van der Waals surface area (Å²) in [5.74, 6) is 0.119. The Kier molecular flexibility index (Phi) is 4.43. The van der Waals surface area contributed by atoms with Gasteiger partial charge in [0.05, 0.1) is 6.54 Å². The van der Waals surface area contributed by atoms with Crippen molar-refractivity contribution in [3.05, 3.63) is 29.3 Å². The van der Waals surface area contributed by atoms with E-state index in [1.165, 1.54) is 16.8 Å². The van der Waals surface area contributed by atoms with E-state index in [1.54, 1.807) is 0 Å². The van der Waals surface area contributed by atoms with Gasteiger partial charge < -0.3 is 15.5 Å². The second-order valence-electron chi connectivity index (χ2n) is 5.33. The number of carbonyl (C=O) groups excluding carboxylic acids is 1. The van der Waals surface area contributed by atoms with Crippen molar-refractivity contribution in [1.82, 2.24) is 10.6 Å². The van der Waals surface area contributed by atoms with E-state index in [4.69, 9.17) is 0 Å². The summed E-state index contributed by atoms with van der Waals surface area (Å²) in [5.41, 5.74) is 3.65. The van der Waals surface area contributed by atoms with Gasteiger partial charge in [0.1, 0.15) is 0 Å². The van der Waals surface area contributed by atoms with Crippen molar-refractivity contribution in [1.29, 1.82) is 0 Å². The SMILES string of the molecule is CNCCC1CN(c2cc(C)ccc2C)CC(=O)N1. The molecule has 0 aromatic heterocycles. The van der Waals surface area contributed by atoms with Gasteiger partial charge in [-0.05, 0) is 51.1 Å². The van der Waals surface area contributed by atoms with Crippen LogP contribution in [0.4, 0.5) is 5.69 Å². The molecule has 2 N–H and O–H groups in total. The molecule has 1 fully saturated rings. The summed E-state index contributed by atoms with van der Waals surface area (Å²) in [5, 5.41) is 6.20. The third-order valence-electron chi connectivity index (χ3n) is 3.59. The molecule has 1 unspecified atom stereocenters. The number of benzene rings is 1. The molecule has 4 nitrogen and oxygen atoms in total. The first kappa shape index (κ1) is 13.9. The Morgan fingerprint density at radius 2 is 2.21 bits per heavy atom. The molecule has 1 aliphatic rings. The highest BCUT2D eigenvalue weighted by atomic mass is 16.2. The lowest BCUT2D eigenvalue weighted by molar-refractivity contribution is -0.121. The molecular formula is C15H23N3O. The van der Waals surface area contributed by atoms with Crippen LogP contribution in [-0.2, 0) is 4.79 Å². The van der Waals surface area contributed by atoms with E-state index in [1.807, 2.05) is 7.05 Å². The maximum Gasteiger partial charge on any atom is 0.239 e. The van der Waals surface area contributed by atoms with Gasteiger partial charge in [-0.3, -0.25) is 4.79 Å². The Balaban J connectivity index is 2.14. The number of anilines is 1. The number of amides is 1. The minimum absolute atomic E-state index is 0.119. The van der Waals surface area contributed by atoms with E-state index in [9.17, 15) is 4.79 Å². The Morgan fingerprint density at radius 1 is 1.42 bits per heavy atom. The summed E-state index contributed by atoms with van der Waals surface area (Å²) in [6, 6.07) is 6.64. The first-order valence-electron chi connectivity index (χ1n) is 6.86. The molecule has 0 spiro atoms. The Labute approximate surface area is 115 Å². The first-order chi connectivity index (χ1) is 9.10. The molecule has 0 aliphatic carbocycles. The van der Waals surface area contributed by atoms with E-state index < -0.39 is 0 Å². The first-order valence-corrected chi connectivity index (χ1v) is 6.86. The van der Waals surface area contributed by atoms with Crippen LogP contribution in [0.1, 0.15) is 17.5 Å². The molecule has 0 bridgehead atoms. The van der Waals surface area contributed by atoms with Gasteiger partial charge in [-0.2, -0.15) is 0 Å². The van der Waals surface area contributed by atoms with Crippen LogP contribution >= 0.6 is 0 Å². The van der Waals surface area contributed by atoms with Crippen molar-refractivity contribution >= 4 is 11.6 Å². The average Bonchev–Trinajstić information content (AvgIpc) is 2.38. The number of hydrogen-bond donors (Lipinski definition) is 2. The Bertz CT molecular complexity index is 459. The van der Waals surface area contributed by atoms with Crippen LogP contribution in [0, 0.1) is 13.8 Å². The van der Waals surface area contributed by atoms with Crippen molar-refractivity contribution in [2.24, 2.45) is 0 Å².